The van der Waals surface area contributed by atoms with Gasteiger partial charge in [-0.3, -0.25) is 4.79 Å². The first-order valence-corrected chi connectivity index (χ1v) is 23.3. The molecular weight excluding hydrogens is 831 g/mol. The topological polar surface area (TPSA) is 166 Å². The lowest BCUT2D eigenvalue weighted by Gasteiger charge is -2.14. The Labute approximate surface area is 381 Å². The molecule has 0 spiro atoms. The van der Waals surface area contributed by atoms with Crippen LogP contribution in [-0.2, 0) is 66.4 Å². The van der Waals surface area contributed by atoms with Crippen molar-refractivity contribution in [3.63, 3.8) is 0 Å². The number of carbonyl (C=O) groups is 2. The number of rotatable bonds is 45. The predicted molar refractivity (Wildman–Crippen MR) is 241 cm³/mol. The van der Waals surface area contributed by atoms with Crippen LogP contribution >= 0.6 is 0 Å². The zero-order valence-corrected chi connectivity index (χ0v) is 38.4. The van der Waals surface area contributed by atoms with E-state index in [0.717, 1.165) is 12.8 Å². The molecule has 0 atom stereocenters. The highest BCUT2D eigenvalue weighted by Crippen LogP contribution is 2.44. The summed E-state index contributed by atoms with van der Waals surface area (Å²) in [5.41, 5.74) is 4.76. The minimum Gasteiger partial charge on any atom is -0.463 e. The van der Waals surface area contributed by atoms with Gasteiger partial charge >= 0.3 is 12.1 Å². The number of hydrogen-bond acceptors (Lipinski definition) is 15. The van der Waals surface area contributed by atoms with Crippen LogP contribution in [0, 0.1) is 0 Å². The summed E-state index contributed by atoms with van der Waals surface area (Å²) in [4.78, 5) is 24.0. The smallest absolute Gasteiger partial charge is 0.407 e. The molecule has 0 aliphatic heterocycles. The first-order valence-electron chi connectivity index (χ1n) is 23.3. The highest BCUT2D eigenvalue weighted by Gasteiger charge is 2.29. The molecule has 0 saturated carbocycles. The van der Waals surface area contributed by atoms with Gasteiger partial charge in [-0.1, -0.05) is 87.6 Å². The fraction of sp³-hybridized carbons (Fsp3) is 0.708. The van der Waals surface area contributed by atoms with Crippen LogP contribution in [0.15, 0.2) is 48.5 Å². The molecule has 0 heterocycles. The highest BCUT2D eigenvalue weighted by molar-refractivity contribution is 5.79. The molecule has 0 saturated heterocycles. The van der Waals surface area contributed by atoms with Gasteiger partial charge in [-0.15, -0.1) is 0 Å². The van der Waals surface area contributed by atoms with Gasteiger partial charge in [-0.05, 0) is 28.7 Å². The average Bonchev–Trinajstić information content (AvgIpc) is 3.63. The van der Waals surface area contributed by atoms with Gasteiger partial charge in [0.15, 0.2) is 0 Å². The van der Waals surface area contributed by atoms with Gasteiger partial charge in [0.1, 0.15) is 13.2 Å². The molecular formula is C48H77NO15. The summed E-state index contributed by atoms with van der Waals surface area (Å²) < 4.78 is 71.3. The zero-order valence-electron chi connectivity index (χ0n) is 38.4. The minimum atomic E-state index is -0.455. The van der Waals surface area contributed by atoms with Crippen molar-refractivity contribution in [1.29, 1.82) is 0 Å². The number of nitrogens with one attached hydrogen (secondary N) is 1. The van der Waals surface area contributed by atoms with Gasteiger partial charge in [0, 0.05) is 18.9 Å². The van der Waals surface area contributed by atoms with Crippen molar-refractivity contribution in [2.75, 3.05) is 165 Å². The van der Waals surface area contributed by atoms with Crippen LogP contribution in [0.3, 0.4) is 0 Å². The minimum absolute atomic E-state index is 0.0324. The van der Waals surface area contributed by atoms with Crippen LogP contribution in [0.4, 0.5) is 4.79 Å². The molecule has 1 aliphatic carbocycles. The van der Waals surface area contributed by atoms with Crippen LogP contribution in [0.5, 0.6) is 0 Å². The first-order chi connectivity index (χ1) is 31.7. The second kappa shape index (κ2) is 40.1. The Morgan fingerprint density at radius 3 is 1.17 bits per heavy atom. The molecule has 1 aliphatic rings. The zero-order chi connectivity index (χ0) is 45.2. The standard InChI is InChI=1S/C48H77NO15/c1-2-3-4-5-6-7-16-47(50)63-40-39-62-38-37-61-36-35-60-34-33-59-32-31-58-30-29-57-28-27-56-26-25-55-24-23-54-22-21-53-20-19-52-18-17-49-48(51)64-41-46-44-14-10-8-12-42(44)43-13-9-11-15-45(43)46/h8-15,46H,2-7,16-41H2,1H3,(H,49,51). The molecule has 3 rings (SSSR count). The Morgan fingerprint density at radius 1 is 0.422 bits per heavy atom. The average molecular weight is 908 g/mol. The number of alkyl carbamates (subject to hydrolysis) is 1. The van der Waals surface area contributed by atoms with E-state index in [9.17, 15) is 9.59 Å². The lowest BCUT2D eigenvalue weighted by molar-refractivity contribution is -0.145. The van der Waals surface area contributed by atoms with E-state index in [2.05, 4.69) is 36.5 Å². The van der Waals surface area contributed by atoms with E-state index in [1.54, 1.807) is 0 Å². The Bertz CT molecular complexity index is 1370. The van der Waals surface area contributed by atoms with Gasteiger partial charge in [0.05, 0.1) is 145 Å². The number of hydrogen-bond donors (Lipinski definition) is 1. The lowest BCUT2D eigenvalue weighted by Crippen LogP contribution is -2.29. The maximum Gasteiger partial charge on any atom is 0.407 e. The quantitative estimate of drug-likeness (QED) is 0.0607. The molecule has 364 valence electrons. The number of amides is 1. The Balaban J connectivity index is 0.913. The molecule has 16 nitrogen and oxygen atoms in total. The summed E-state index contributed by atoms with van der Waals surface area (Å²) >= 11 is 0. The van der Waals surface area contributed by atoms with Gasteiger partial charge in [0.25, 0.3) is 0 Å². The summed E-state index contributed by atoms with van der Waals surface area (Å²) in [6.45, 7) is 13.3. The number of esters is 1. The van der Waals surface area contributed by atoms with Crippen LogP contribution in [0.25, 0.3) is 11.1 Å². The molecule has 1 N–H and O–H groups in total. The molecule has 0 aromatic heterocycles. The molecule has 0 fully saturated rings. The van der Waals surface area contributed by atoms with E-state index in [1.165, 1.54) is 47.9 Å². The van der Waals surface area contributed by atoms with Crippen molar-refractivity contribution >= 4 is 12.1 Å². The number of carbonyl (C=O) groups excluding carboxylic acids is 2. The van der Waals surface area contributed by atoms with Gasteiger partial charge in [-0.25, -0.2) is 4.79 Å². The third kappa shape index (κ3) is 27.9. The van der Waals surface area contributed by atoms with Gasteiger partial charge < -0.3 is 66.9 Å². The van der Waals surface area contributed by atoms with Crippen LogP contribution in [0.2, 0.25) is 0 Å². The van der Waals surface area contributed by atoms with Crippen molar-refractivity contribution in [3.05, 3.63) is 59.7 Å². The largest absolute Gasteiger partial charge is 0.463 e. The fourth-order valence-electron chi connectivity index (χ4n) is 6.51. The summed E-state index contributed by atoms with van der Waals surface area (Å²) in [5, 5.41) is 2.74. The molecule has 0 unspecified atom stereocenters. The molecule has 1 amide bonds. The number of ether oxygens (including phenoxy) is 13. The van der Waals surface area contributed by atoms with E-state index in [-0.39, 0.29) is 25.1 Å². The maximum atomic E-state index is 12.3. The number of benzene rings is 2. The van der Waals surface area contributed by atoms with Gasteiger partial charge in [-0.2, -0.15) is 0 Å². The van der Waals surface area contributed by atoms with E-state index >= 15 is 0 Å². The monoisotopic (exact) mass is 908 g/mol. The molecule has 16 heteroatoms. The Hall–Kier alpha value is -3.26. The van der Waals surface area contributed by atoms with Crippen LogP contribution in [0.1, 0.15) is 68.9 Å². The van der Waals surface area contributed by atoms with Crippen molar-refractivity contribution in [2.45, 2.75) is 57.8 Å². The summed E-state index contributed by atoms with van der Waals surface area (Å²) in [6, 6.07) is 16.5. The second-order valence-electron chi connectivity index (χ2n) is 14.7. The van der Waals surface area contributed by atoms with Crippen molar-refractivity contribution < 1.29 is 71.2 Å². The lowest BCUT2D eigenvalue weighted by atomic mass is 9.98. The van der Waals surface area contributed by atoms with Crippen LogP contribution < -0.4 is 5.32 Å². The first kappa shape index (κ1) is 55.1. The molecule has 2 aromatic rings. The third-order valence-corrected chi connectivity index (χ3v) is 9.80. The summed E-state index contributed by atoms with van der Waals surface area (Å²) in [5.74, 6) is -0.116. The summed E-state index contributed by atoms with van der Waals surface area (Å²) in [6.07, 6.45) is 6.93. The van der Waals surface area contributed by atoms with Crippen molar-refractivity contribution in [3.8, 4) is 11.1 Å². The van der Waals surface area contributed by atoms with Crippen LogP contribution in [-0.4, -0.2) is 177 Å². The molecule has 64 heavy (non-hydrogen) atoms. The number of fused-ring (bicyclic) bond motifs is 3. The predicted octanol–water partition coefficient (Wildman–Crippen LogP) is 6.00. The molecule has 0 radical (unpaired) electrons. The normalized spacial score (nSPS) is 12.1. The number of unbranched alkanes of at least 4 members (excludes halogenated alkanes) is 5. The van der Waals surface area contributed by atoms with Crippen molar-refractivity contribution in [1.82, 2.24) is 5.32 Å². The van der Waals surface area contributed by atoms with E-state index in [0.29, 0.717) is 158 Å². The second-order valence-corrected chi connectivity index (χ2v) is 14.7. The summed E-state index contributed by atoms with van der Waals surface area (Å²) in [7, 11) is 0. The van der Waals surface area contributed by atoms with E-state index < -0.39 is 6.09 Å². The maximum absolute atomic E-state index is 12.3. The molecule has 0 bridgehead atoms. The Morgan fingerprint density at radius 2 is 0.766 bits per heavy atom. The van der Waals surface area contributed by atoms with Crippen molar-refractivity contribution in [2.24, 2.45) is 0 Å². The fourth-order valence-corrected chi connectivity index (χ4v) is 6.51. The van der Waals surface area contributed by atoms with Gasteiger partial charge in [0.2, 0.25) is 0 Å². The van der Waals surface area contributed by atoms with E-state index in [4.69, 9.17) is 61.6 Å². The third-order valence-electron chi connectivity index (χ3n) is 9.80. The highest BCUT2D eigenvalue weighted by atomic mass is 16.6. The Kier molecular flexibility index (Phi) is 34.5. The van der Waals surface area contributed by atoms with E-state index in [1.807, 2.05) is 24.3 Å². The molecule has 2 aromatic carbocycles. The SMILES string of the molecule is CCCCCCCCC(=O)OCCOCCOCCOCCOCCOCCOCCOCCOCCOCCOCCOCCNC(=O)OCC1c2ccccc2-c2ccccc21.